The number of hydrogen-bond donors (Lipinski definition) is 2. The van der Waals surface area contributed by atoms with E-state index in [1.54, 1.807) is 12.1 Å². The molecule has 2 saturated heterocycles. The molecule has 0 aliphatic carbocycles. The Morgan fingerprint density at radius 3 is 2.08 bits per heavy atom. The third-order valence-electron chi connectivity index (χ3n) is 5.32. The van der Waals surface area contributed by atoms with E-state index in [2.05, 4.69) is 0 Å². The monoisotopic (exact) mass is 342 g/mol. The SMILES string of the molecule is Oc1ccc([C@@H]2OC[C@H]3[C@@H]2CO[C@@H]3c2ccc3c(c2)OCO3)cc1O. The first-order valence-electron chi connectivity index (χ1n) is 8.35. The first kappa shape index (κ1) is 14.9. The Morgan fingerprint density at radius 1 is 0.720 bits per heavy atom. The quantitative estimate of drug-likeness (QED) is 0.817. The first-order valence-corrected chi connectivity index (χ1v) is 8.35. The Kier molecular flexibility index (Phi) is 3.29. The lowest BCUT2D eigenvalue weighted by Crippen LogP contribution is -2.14. The molecule has 130 valence electrons. The van der Waals surface area contributed by atoms with Gasteiger partial charge in [0.15, 0.2) is 23.0 Å². The molecule has 3 aliphatic rings. The van der Waals surface area contributed by atoms with Gasteiger partial charge >= 0.3 is 0 Å². The van der Waals surface area contributed by atoms with Gasteiger partial charge in [-0.05, 0) is 35.4 Å². The van der Waals surface area contributed by atoms with Crippen molar-refractivity contribution in [1.29, 1.82) is 0 Å². The summed E-state index contributed by atoms with van der Waals surface area (Å²) in [5, 5.41) is 19.3. The summed E-state index contributed by atoms with van der Waals surface area (Å²) in [6.07, 6.45) is -0.189. The van der Waals surface area contributed by atoms with Crippen molar-refractivity contribution in [2.45, 2.75) is 12.2 Å². The van der Waals surface area contributed by atoms with Crippen molar-refractivity contribution in [3.63, 3.8) is 0 Å². The molecule has 0 aromatic heterocycles. The van der Waals surface area contributed by atoms with Gasteiger partial charge in [-0.1, -0.05) is 12.1 Å². The maximum absolute atomic E-state index is 9.76. The Labute approximate surface area is 144 Å². The van der Waals surface area contributed by atoms with Crippen molar-refractivity contribution in [1.82, 2.24) is 0 Å². The lowest BCUT2D eigenvalue weighted by molar-refractivity contribution is 0.0191. The molecule has 0 amide bonds. The summed E-state index contributed by atoms with van der Waals surface area (Å²) in [7, 11) is 0. The molecule has 3 heterocycles. The molecule has 3 aliphatic heterocycles. The average molecular weight is 342 g/mol. The van der Waals surface area contributed by atoms with Crippen LogP contribution in [0.1, 0.15) is 23.3 Å². The van der Waals surface area contributed by atoms with Gasteiger partial charge in [-0.3, -0.25) is 0 Å². The number of rotatable bonds is 2. The van der Waals surface area contributed by atoms with Crippen molar-refractivity contribution in [2.24, 2.45) is 11.8 Å². The minimum absolute atomic E-state index is 0.0461. The number of phenols is 2. The normalized spacial score (nSPS) is 29.8. The number of hydrogen-bond acceptors (Lipinski definition) is 6. The van der Waals surface area contributed by atoms with E-state index < -0.39 is 0 Å². The van der Waals surface area contributed by atoms with Gasteiger partial charge in [-0.15, -0.1) is 0 Å². The van der Waals surface area contributed by atoms with Crippen LogP contribution in [0.4, 0.5) is 0 Å². The molecule has 2 aromatic rings. The molecule has 0 saturated carbocycles. The van der Waals surface area contributed by atoms with Crippen LogP contribution in [0.2, 0.25) is 0 Å². The zero-order valence-corrected chi connectivity index (χ0v) is 13.4. The number of phenolic OH excluding ortho intramolecular Hbond substituents is 2. The molecule has 4 atom stereocenters. The summed E-state index contributed by atoms with van der Waals surface area (Å²) >= 11 is 0. The lowest BCUT2D eigenvalue weighted by Gasteiger charge is -2.17. The van der Waals surface area contributed by atoms with Crippen molar-refractivity contribution >= 4 is 0 Å². The van der Waals surface area contributed by atoms with Crippen LogP contribution in [-0.4, -0.2) is 30.2 Å². The molecule has 2 aromatic carbocycles. The van der Waals surface area contributed by atoms with Gasteiger partial charge in [0, 0.05) is 11.8 Å². The molecule has 5 rings (SSSR count). The van der Waals surface area contributed by atoms with Crippen molar-refractivity contribution in [3.05, 3.63) is 47.5 Å². The molecule has 6 nitrogen and oxygen atoms in total. The van der Waals surface area contributed by atoms with Gasteiger partial charge < -0.3 is 29.2 Å². The second kappa shape index (κ2) is 5.54. The van der Waals surface area contributed by atoms with Crippen LogP contribution in [0.3, 0.4) is 0 Å². The molecule has 0 spiro atoms. The third-order valence-corrected chi connectivity index (χ3v) is 5.32. The zero-order chi connectivity index (χ0) is 17.0. The van der Waals surface area contributed by atoms with Gasteiger partial charge in [0.1, 0.15) is 0 Å². The number of aromatic hydroxyl groups is 2. The molecule has 25 heavy (non-hydrogen) atoms. The lowest BCUT2D eigenvalue weighted by atomic mass is 9.85. The van der Waals surface area contributed by atoms with Gasteiger partial charge in [0.05, 0.1) is 25.4 Å². The van der Waals surface area contributed by atoms with Crippen LogP contribution < -0.4 is 9.47 Å². The third kappa shape index (κ3) is 2.33. The fourth-order valence-electron chi connectivity index (χ4n) is 4.04. The highest BCUT2D eigenvalue weighted by Crippen LogP contribution is 2.51. The molecule has 2 N–H and O–H groups in total. The molecule has 2 fully saturated rings. The van der Waals surface area contributed by atoms with Crippen LogP contribution in [0.5, 0.6) is 23.0 Å². The summed E-state index contributed by atoms with van der Waals surface area (Å²) in [5.74, 6) is 1.71. The summed E-state index contributed by atoms with van der Waals surface area (Å²) in [6.45, 7) is 1.44. The summed E-state index contributed by atoms with van der Waals surface area (Å²) in [6, 6.07) is 10.8. The van der Waals surface area contributed by atoms with Crippen molar-refractivity contribution < 1.29 is 29.2 Å². The minimum atomic E-state index is -0.143. The molecule has 0 unspecified atom stereocenters. The predicted molar refractivity (Wildman–Crippen MR) is 86.7 cm³/mol. The van der Waals surface area contributed by atoms with Crippen LogP contribution in [0, 0.1) is 11.8 Å². The smallest absolute Gasteiger partial charge is 0.231 e. The van der Waals surface area contributed by atoms with Crippen LogP contribution >= 0.6 is 0 Å². The highest BCUT2D eigenvalue weighted by Gasteiger charge is 2.48. The predicted octanol–water partition coefficient (Wildman–Crippen LogP) is 2.90. The molecular weight excluding hydrogens is 324 g/mol. The second-order valence-corrected chi connectivity index (χ2v) is 6.70. The van der Waals surface area contributed by atoms with E-state index in [1.807, 2.05) is 18.2 Å². The summed E-state index contributed by atoms with van der Waals surface area (Å²) < 4.78 is 22.9. The van der Waals surface area contributed by atoms with Crippen LogP contribution in [0.25, 0.3) is 0 Å². The number of ether oxygens (including phenoxy) is 4. The highest BCUT2D eigenvalue weighted by molar-refractivity contribution is 5.46. The summed E-state index contributed by atoms with van der Waals surface area (Å²) in [5.41, 5.74) is 1.92. The van der Waals surface area contributed by atoms with Gasteiger partial charge in [0.25, 0.3) is 0 Å². The molecule has 0 bridgehead atoms. The van der Waals surface area contributed by atoms with E-state index in [0.29, 0.717) is 13.2 Å². The van der Waals surface area contributed by atoms with E-state index in [1.165, 1.54) is 6.07 Å². The Balaban J connectivity index is 1.40. The fourth-order valence-corrected chi connectivity index (χ4v) is 4.04. The number of fused-ring (bicyclic) bond motifs is 2. The van der Waals surface area contributed by atoms with Gasteiger partial charge in [-0.2, -0.15) is 0 Å². The molecule has 0 radical (unpaired) electrons. The second-order valence-electron chi connectivity index (χ2n) is 6.70. The van der Waals surface area contributed by atoms with Gasteiger partial charge in [-0.25, -0.2) is 0 Å². The van der Waals surface area contributed by atoms with Crippen LogP contribution in [0.15, 0.2) is 36.4 Å². The molecule has 6 heteroatoms. The Morgan fingerprint density at radius 2 is 1.36 bits per heavy atom. The van der Waals surface area contributed by atoms with E-state index in [-0.39, 0.29) is 42.3 Å². The molecular formula is C19H18O6. The van der Waals surface area contributed by atoms with E-state index in [0.717, 1.165) is 22.6 Å². The van der Waals surface area contributed by atoms with E-state index in [9.17, 15) is 10.2 Å². The largest absolute Gasteiger partial charge is 0.504 e. The standard InChI is InChI=1S/C19H18O6/c20-14-3-1-10(5-15(14)21)18-12-7-23-19(13(12)8-22-18)11-2-4-16-17(6-11)25-9-24-16/h1-6,12-13,18-21H,7-9H2/t12-,13-,18-,19+/m0/s1. The fraction of sp³-hybridized carbons (Fsp3) is 0.368. The van der Waals surface area contributed by atoms with Gasteiger partial charge in [0.2, 0.25) is 6.79 Å². The van der Waals surface area contributed by atoms with Crippen molar-refractivity contribution in [3.8, 4) is 23.0 Å². The Hall–Kier alpha value is -2.44. The highest BCUT2D eigenvalue weighted by atomic mass is 16.7. The first-order chi connectivity index (χ1) is 12.2. The number of benzene rings is 2. The van der Waals surface area contributed by atoms with E-state index in [4.69, 9.17) is 18.9 Å². The van der Waals surface area contributed by atoms with Crippen LogP contribution in [-0.2, 0) is 9.47 Å². The Bertz CT molecular complexity index is 820. The maximum atomic E-state index is 9.76. The zero-order valence-electron chi connectivity index (χ0n) is 13.4. The summed E-state index contributed by atoms with van der Waals surface area (Å²) in [4.78, 5) is 0. The topological polar surface area (TPSA) is 77.4 Å². The van der Waals surface area contributed by atoms with Crippen molar-refractivity contribution in [2.75, 3.05) is 20.0 Å². The average Bonchev–Trinajstić information content (AvgIpc) is 3.31. The minimum Gasteiger partial charge on any atom is -0.504 e. The maximum Gasteiger partial charge on any atom is 0.231 e. The van der Waals surface area contributed by atoms with E-state index >= 15 is 0 Å².